The summed E-state index contributed by atoms with van der Waals surface area (Å²) >= 11 is 0. The van der Waals surface area contributed by atoms with Crippen LogP contribution >= 0.6 is 0 Å². The van der Waals surface area contributed by atoms with E-state index >= 15 is 0 Å². The summed E-state index contributed by atoms with van der Waals surface area (Å²) in [5, 5.41) is 8.91. The number of nitrogens with zero attached hydrogens (tertiary/aromatic N) is 3. The number of hydrogen-bond acceptors (Lipinski definition) is 4. The van der Waals surface area contributed by atoms with E-state index in [4.69, 9.17) is 5.11 Å². The zero-order valence-corrected chi connectivity index (χ0v) is 10.5. The van der Waals surface area contributed by atoms with Gasteiger partial charge in [-0.15, -0.1) is 0 Å². The van der Waals surface area contributed by atoms with Gasteiger partial charge in [0.2, 0.25) is 0 Å². The summed E-state index contributed by atoms with van der Waals surface area (Å²) in [6, 6.07) is 0.400. The van der Waals surface area contributed by atoms with Gasteiger partial charge in [0.25, 0.3) is 0 Å². The van der Waals surface area contributed by atoms with E-state index in [-0.39, 0.29) is 6.61 Å². The second-order valence-electron chi connectivity index (χ2n) is 4.66. The van der Waals surface area contributed by atoms with E-state index in [1.165, 1.54) is 0 Å². The monoisotopic (exact) mass is 223 g/mol. The first kappa shape index (κ1) is 12.9. The summed E-state index contributed by atoms with van der Waals surface area (Å²) in [6.07, 6.45) is 3.36. The topological polar surface area (TPSA) is 49.2 Å². The van der Waals surface area contributed by atoms with Crippen LogP contribution in [0.1, 0.15) is 33.4 Å². The Kier molecular flexibility index (Phi) is 4.68. The SMILES string of the molecule is CC(C)CN(c1cnc(CO)cn1)C(C)C. The number of aliphatic hydroxyl groups is 1. The molecule has 0 aromatic carbocycles. The Balaban J connectivity index is 2.84. The second-order valence-corrected chi connectivity index (χ2v) is 4.66. The van der Waals surface area contributed by atoms with E-state index in [2.05, 4.69) is 42.6 Å². The van der Waals surface area contributed by atoms with E-state index in [1.54, 1.807) is 12.4 Å². The van der Waals surface area contributed by atoms with Crippen molar-refractivity contribution < 1.29 is 5.11 Å². The lowest BCUT2D eigenvalue weighted by atomic mass is 10.2. The maximum absolute atomic E-state index is 8.91. The molecule has 1 rings (SSSR count). The Morgan fingerprint density at radius 2 is 1.88 bits per heavy atom. The molecular weight excluding hydrogens is 202 g/mol. The largest absolute Gasteiger partial charge is 0.390 e. The molecule has 1 heterocycles. The number of rotatable bonds is 5. The zero-order valence-electron chi connectivity index (χ0n) is 10.5. The summed E-state index contributed by atoms with van der Waals surface area (Å²) < 4.78 is 0. The van der Waals surface area contributed by atoms with Crippen LogP contribution in [0.4, 0.5) is 5.82 Å². The molecule has 4 nitrogen and oxygen atoms in total. The zero-order chi connectivity index (χ0) is 12.1. The van der Waals surface area contributed by atoms with Crippen LogP contribution in [0.3, 0.4) is 0 Å². The van der Waals surface area contributed by atoms with Crippen molar-refractivity contribution in [1.82, 2.24) is 9.97 Å². The van der Waals surface area contributed by atoms with Gasteiger partial charge in [0, 0.05) is 12.6 Å². The van der Waals surface area contributed by atoms with Crippen molar-refractivity contribution in [2.45, 2.75) is 40.3 Å². The van der Waals surface area contributed by atoms with Crippen LogP contribution in [-0.4, -0.2) is 27.7 Å². The molecule has 0 amide bonds. The molecule has 0 spiro atoms. The van der Waals surface area contributed by atoms with Crippen molar-refractivity contribution in [1.29, 1.82) is 0 Å². The average Bonchev–Trinajstić information content (AvgIpc) is 2.25. The van der Waals surface area contributed by atoms with Gasteiger partial charge in [0.1, 0.15) is 5.82 Å². The Morgan fingerprint density at radius 1 is 1.19 bits per heavy atom. The molecule has 0 aliphatic carbocycles. The van der Waals surface area contributed by atoms with E-state index in [0.29, 0.717) is 17.7 Å². The molecule has 0 aliphatic rings. The minimum atomic E-state index is -0.0564. The van der Waals surface area contributed by atoms with Crippen molar-refractivity contribution in [2.24, 2.45) is 5.92 Å². The molecule has 1 aromatic rings. The van der Waals surface area contributed by atoms with Crippen LogP contribution in [0.15, 0.2) is 12.4 Å². The molecule has 1 aromatic heterocycles. The first-order valence-corrected chi connectivity index (χ1v) is 5.73. The molecular formula is C12H21N3O. The van der Waals surface area contributed by atoms with Gasteiger partial charge >= 0.3 is 0 Å². The van der Waals surface area contributed by atoms with Crippen molar-refractivity contribution in [3.05, 3.63) is 18.1 Å². The van der Waals surface area contributed by atoms with E-state index in [1.807, 2.05) is 0 Å². The minimum Gasteiger partial charge on any atom is -0.390 e. The van der Waals surface area contributed by atoms with Crippen LogP contribution in [0.2, 0.25) is 0 Å². The van der Waals surface area contributed by atoms with Gasteiger partial charge in [0.05, 0.1) is 24.7 Å². The molecule has 4 heteroatoms. The number of hydrogen-bond donors (Lipinski definition) is 1. The van der Waals surface area contributed by atoms with Gasteiger partial charge in [0.15, 0.2) is 0 Å². The average molecular weight is 223 g/mol. The van der Waals surface area contributed by atoms with Crippen molar-refractivity contribution in [3.8, 4) is 0 Å². The molecule has 0 saturated carbocycles. The molecule has 0 radical (unpaired) electrons. The van der Waals surface area contributed by atoms with Crippen molar-refractivity contribution in [3.63, 3.8) is 0 Å². The highest BCUT2D eigenvalue weighted by Gasteiger charge is 2.13. The minimum absolute atomic E-state index is 0.0564. The summed E-state index contributed by atoms with van der Waals surface area (Å²) in [5.74, 6) is 1.46. The fourth-order valence-electron chi connectivity index (χ4n) is 1.54. The van der Waals surface area contributed by atoms with Gasteiger partial charge in [-0.1, -0.05) is 13.8 Å². The van der Waals surface area contributed by atoms with Gasteiger partial charge < -0.3 is 10.0 Å². The number of aromatic nitrogens is 2. The highest BCUT2D eigenvalue weighted by Crippen LogP contribution is 2.14. The Labute approximate surface area is 97.3 Å². The molecule has 0 bridgehead atoms. The maximum atomic E-state index is 8.91. The Bertz CT molecular complexity index is 309. The van der Waals surface area contributed by atoms with Crippen LogP contribution < -0.4 is 4.90 Å². The van der Waals surface area contributed by atoms with Crippen LogP contribution in [0, 0.1) is 5.92 Å². The fourth-order valence-corrected chi connectivity index (χ4v) is 1.54. The van der Waals surface area contributed by atoms with E-state index < -0.39 is 0 Å². The highest BCUT2D eigenvalue weighted by molar-refractivity contribution is 5.36. The third-order valence-electron chi connectivity index (χ3n) is 2.33. The second kappa shape index (κ2) is 5.80. The lowest BCUT2D eigenvalue weighted by molar-refractivity contribution is 0.276. The Morgan fingerprint density at radius 3 is 2.25 bits per heavy atom. The molecule has 0 saturated heterocycles. The van der Waals surface area contributed by atoms with Gasteiger partial charge in [-0.3, -0.25) is 4.98 Å². The Hall–Kier alpha value is -1.16. The summed E-state index contributed by atoms with van der Waals surface area (Å²) in [7, 11) is 0. The summed E-state index contributed by atoms with van der Waals surface area (Å²) in [4.78, 5) is 10.7. The standard InChI is InChI=1S/C12H21N3O/c1-9(2)7-15(10(3)4)12-6-13-11(8-16)5-14-12/h5-6,9-10,16H,7-8H2,1-4H3. The first-order chi connectivity index (χ1) is 7.54. The molecule has 90 valence electrons. The lowest BCUT2D eigenvalue weighted by Gasteiger charge is -2.29. The van der Waals surface area contributed by atoms with E-state index in [9.17, 15) is 0 Å². The quantitative estimate of drug-likeness (QED) is 0.827. The third kappa shape index (κ3) is 3.45. The lowest BCUT2D eigenvalue weighted by Crippen LogP contribution is -2.34. The maximum Gasteiger partial charge on any atom is 0.147 e. The van der Waals surface area contributed by atoms with E-state index in [0.717, 1.165) is 12.4 Å². The summed E-state index contributed by atoms with van der Waals surface area (Å²) in [6.45, 7) is 9.56. The molecule has 16 heavy (non-hydrogen) atoms. The third-order valence-corrected chi connectivity index (χ3v) is 2.33. The summed E-state index contributed by atoms with van der Waals surface area (Å²) in [5.41, 5.74) is 0.608. The van der Waals surface area contributed by atoms with Crippen LogP contribution in [0.25, 0.3) is 0 Å². The highest BCUT2D eigenvalue weighted by atomic mass is 16.3. The van der Waals surface area contributed by atoms with Crippen molar-refractivity contribution in [2.75, 3.05) is 11.4 Å². The molecule has 0 unspecified atom stereocenters. The van der Waals surface area contributed by atoms with Crippen molar-refractivity contribution >= 4 is 5.82 Å². The smallest absolute Gasteiger partial charge is 0.147 e. The predicted molar refractivity (Wildman–Crippen MR) is 65.3 cm³/mol. The van der Waals surface area contributed by atoms with Crippen LogP contribution in [0.5, 0.6) is 0 Å². The normalized spacial score (nSPS) is 11.2. The van der Waals surface area contributed by atoms with Gasteiger partial charge in [-0.2, -0.15) is 0 Å². The molecule has 0 atom stereocenters. The molecule has 0 aliphatic heterocycles. The molecule has 0 fully saturated rings. The van der Waals surface area contributed by atoms with Gasteiger partial charge in [-0.05, 0) is 19.8 Å². The molecule has 1 N–H and O–H groups in total. The number of anilines is 1. The van der Waals surface area contributed by atoms with Crippen LogP contribution in [-0.2, 0) is 6.61 Å². The first-order valence-electron chi connectivity index (χ1n) is 5.73. The number of aliphatic hydroxyl groups excluding tert-OH is 1. The fraction of sp³-hybridized carbons (Fsp3) is 0.667. The van der Waals surface area contributed by atoms with Gasteiger partial charge in [-0.25, -0.2) is 4.98 Å². The predicted octanol–water partition coefficient (Wildman–Crippen LogP) is 1.84.